The van der Waals surface area contributed by atoms with Gasteiger partial charge in [-0.15, -0.1) is 0 Å². The lowest BCUT2D eigenvalue weighted by atomic mass is 9.94. The van der Waals surface area contributed by atoms with Crippen molar-refractivity contribution in [3.05, 3.63) is 94.5 Å². The van der Waals surface area contributed by atoms with Crippen molar-refractivity contribution in [2.75, 3.05) is 19.7 Å². The molecule has 1 amide bonds. The molecule has 0 saturated carbocycles. The predicted molar refractivity (Wildman–Crippen MR) is 131 cm³/mol. The number of nitrogens with one attached hydrogen (secondary N) is 2. The molecule has 6 nitrogen and oxygen atoms in total. The minimum atomic E-state index is -1.00. The van der Waals surface area contributed by atoms with Crippen molar-refractivity contribution in [1.29, 1.82) is 0 Å². The smallest absolute Gasteiger partial charge is 0.407 e. The average Bonchev–Trinajstić information content (AvgIpc) is 3.20. The van der Waals surface area contributed by atoms with Crippen LogP contribution in [-0.4, -0.2) is 42.1 Å². The fraction of sp³-hybridized carbons (Fsp3) is 0.321. The van der Waals surface area contributed by atoms with Gasteiger partial charge in [0.25, 0.3) is 0 Å². The second-order valence-corrected chi connectivity index (χ2v) is 9.01. The molecule has 0 spiro atoms. The highest BCUT2D eigenvalue weighted by Gasteiger charge is 2.29. The lowest BCUT2D eigenvalue weighted by molar-refractivity contribution is 0.0136. The van der Waals surface area contributed by atoms with E-state index in [9.17, 15) is 15.0 Å². The summed E-state index contributed by atoms with van der Waals surface area (Å²) < 4.78 is 5.53. The summed E-state index contributed by atoms with van der Waals surface area (Å²) in [6.07, 6.45) is -1.32. The molecule has 0 saturated heterocycles. The lowest BCUT2D eigenvalue weighted by Gasteiger charge is -2.22. The molecule has 1 aliphatic heterocycles. The third-order valence-electron chi connectivity index (χ3n) is 6.88. The van der Waals surface area contributed by atoms with Gasteiger partial charge in [0.05, 0.1) is 6.10 Å². The molecule has 4 N–H and O–H groups in total. The van der Waals surface area contributed by atoms with Crippen LogP contribution in [0.4, 0.5) is 4.79 Å². The van der Waals surface area contributed by atoms with Gasteiger partial charge < -0.3 is 25.6 Å². The number of carbonyl (C=O) groups excluding carboxylic acids is 1. The Labute approximate surface area is 199 Å². The molecule has 2 unspecified atom stereocenters. The largest absolute Gasteiger partial charge is 0.449 e. The quantitative estimate of drug-likeness (QED) is 0.434. The molecule has 0 bridgehead atoms. The van der Waals surface area contributed by atoms with Crippen LogP contribution in [0.1, 0.15) is 46.3 Å². The molecule has 5 rings (SSSR count). The average molecular weight is 459 g/mol. The molecule has 2 atom stereocenters. The van der Waals surface area contributed by atoms with Crippen molar-refractivity contribution in [1.82, 2.24) is 10.6 Å². The molecule has 2 aliphatic rings. The number of amides is 1. The van der Waals surface area contributed by atoms with Gasteiger partial charge in [0.2, 0.25) is 0 Å². The maximum atomic E-state index is 12.3. The van der Waals surface area contributed by atoms with Gasteiger partial charge in [0.15, 0.2) is 0 Å². The van der Waals surface area contributed by atoms with Crippen molar-refractivity contribution < 1.29 is 19.7 Å². The van der Waals surface area contributed by atoms with Gasteiger partial charge in [0.1, 0.15) is 12.7 Å². The van der Waals surface area contributed by atoms with E-state index in [2.05, 4.69) is 34.9 Å². The monoisotopic (exact) mass is 458 g/mol. The highest BCUT2D eigenvalue weighted by molar-refractivity contribution is 5.79. The van der Waals surface area contributed by atoms with E-state index in [-0.39, 0.29) is 25.5 Å². The van der Waals surface area contributed by atoms with Gasteiger partial charge in [-0.1, -0.05) is 66.7 Å². The third kappa shape index (κ3) is 4.57. The van der Waals surface area contributed by atoms with Crippen molar-refractivity contribution in [3.63, 3.8) is 0 Å². The second kappa shape index (κ2) is 9.97. The number of ether oxygens (including phenoxy) is 1. The van der Waals surface area contributed by atoms with Crippen molar-refractivity contribution >= 4 is 6.09 Å². The Kier molecular flexibility index (Phi) is 6.63. The molecule has 3 aromatic carbocycles. The minimum absolute atomic E-state index is 0.00376. The molecule has 6 heteroatoms. The number of alkyl carbamates (subject to hydrolysis) is 1. The van der Waals surface area contributed by atoms with Crippen LogP contribution in [0.3, 0.4) is 0 Å². The molecule has 1 heterocycles. The van der Waals surface area contributed by atoms with Crippen molar-refractivity contribution in [2.24, 2.45) is 0 Å². The number of aliphatic hydroxyl groups is 2. The third-order valence-corrected chi connectivity index (χ3v) is 6.88. The topological polar surface area (TPSA) is 90.8 Å². The Morgan fingerprint density at radius 2 is 1.71 bits per heavy atom. The summed E-state index contributed by atoms with van der Waals surface area (Å²) in [7, 11) is 0. The normalized spacial score (nSPS) is 16.2. The molecular weight excluding hydrogens is 428 g/mol. The van der Waals surface area contributed by atoms with Crippen LogP contribution in [0.25, 0.3) is 11.1 Å². The highest BCUT2D eigenvalue weighted by atomic mass is 16.5. The Hall–Kier alpha value is -3.19. The zero-order valence-electron chi connectivity index (χ0n) is 19.0. The van der Waals surface area contributed by atoms with E-state index in [1.54, 1.807) is 0 Å². The molecular formula is C28H30N2O4. The zero-order chi connectivity index (χ0) is 23.5. The van der Waals surface area contributed by atoms with E-state index in [1.807, 2.05) is 42.5 Å². The molecule has 0 aromatic heterocycles. The van der Waals surface area contributed by atoms with Gasteiger partial charge >= 0.3 is 6.09 Å². The van der Waals surface area contributed by atoms with E-state index in [4.69, 9.17) is 4.74 Å². The summed E-state index contributed by atoms with van der Waals surface area (Å²) >= 11 is 0. The Balaban J connectivity index is 1.12. The van der Waals surface area contributed by atoms with Gasteiger partial charge in [-0.2, -0.15) is 0 Å². The van der Waals surface area contributed by atoms with Gasteiger partial charge in [0, 0.05) is 19.0 Å². The minimum Gasteiger partial charge on any atom is -0.449 e. The predicted octanol–water partition coefficient (Wildman–Crippen LogP) is 3.66. The zero-order valence-corrected chi connectivity index (χ0v) is 19.0. The Morgan fingerprint density at radius 1 is 1.00 bits per heavy atom. The van der Waals surface area contributed by atoms with Gasteiger partial charge in [-0.05, 0) is 58.3 Å². The Bertz CT molecular complexity index is 1130. The number of carbonyl (C=O) groups is 1. The summed E-state index contributed by atoms with van der Waals surface area (Å²) in [6.45, 7) is 2.18. The van der Waals surface area contributed by atoms with E-state index in [1.165, 1.54) is 16.7 Å². The molecule has 0 radical (unpaired) electrons. The standard InChI is InChI=1S/C28H30N2O4/c31-26(27(32)19-10-9-18-11-13-29-16-20(18)15-19)12-14-30-28(33)34-17-25-23-7-3-1-5-21(23)22-6-2-4-8-24(22)25/h1-10,15,25-27,29,31-32H,11-14,16-17H2,(H,30,33). The van der Waals surface area contributed by atoms with Crippen LogP contribution >= 0.6 is 0 Å². The van der Waals surface area contributed by atoms with Crippen LogP contribution in [0.5, 0.6) is 0 Å². The van der Waals surface area contributed by atoms with Crippen molar-refractivity contribution in [3.8, 4) is 11.1 Å². The summed E-state index contributed by atoms with van der Waals surface area (Å²) in [6, 6.07) is 22.2. The Morgan fingerprint density at radius 3 is 2.44 bits per heavy atom. The number of fused-ring (bicyclic) bond motifs is 4. The van der Waals surface area contributed by atoms with Crippen LogP contribution < -0.4 is 10.6 Å². The molecule has 0 fully saturated rings. The molecule has 3 aromatic rings. The first-order chi connectivity index (χ1) is 16.6. The van der Waals surface area contributed by atoms with E-state index < -0.39 is 18.3 Å². The number of aliphatic hydroxyl groups excluding tert-OH is 2. The number of hydrogen-bond acceptors (Lipinski definition) is 5. The maximum absolute atomic E-state index is 12.3. The van der Waals surface area contributed by atoms with Gasteiger partial charge in [-0.25, -0.2) is 4.79 Å². The summed E-state index contributed by atoms with van der Waals surface area (Å²) in [5.74, 6) is 0.00376. The van der Waals surface area contributed by atoms with E-state index in [0.29, 0.717) is 5.56 Å². The van der Waals surface area contributed by atoms with Crippen LogP contribution in [0, 0.1) is 0 Å². The maximum Gasteiger partial charge on any atom is 0.407 e. The van der Waals surface area contributed by atoms with Crippen LogP contribution in [0.2, 0.25) is 0 Å². The summed E-state index contributed by atoms with van der Waals surface area (Å²) in [5, 5.41) is 27.0. The summed E-state index contributed by atoms with van der Waals surface area (Å²) in [5.41, 5.74) is 7.82. The number of benzene rings is 3. The van der Waals surface area contributed by atoms with E-state index >= 15 is 0 Å². The fourth-order valence-corrected chi connectivity index (χ4v) is 5.04. The SMILES string of the molecule is O=C(NCCC(O)C(O)c1ccc2c(c1)CNCC2)OCC1c2ccccc2-c2ccccc21. The molecule has 176 valence electrons. The van der Waals surface area contributed by atoms with Crippen LogP contribution in [0.15, 0.2) is 66.7 Å². The fourth-order valence-electron chi connectivity index (χ4n) is 5.04. The number of hydrogen-bond donors (Lipinski definition) is 4. The second-order valence-electron chi connectivity index (χ2n) is 9.01. The number of rotatable bonds is 7. The molecule has 34 heavy (non-hydrogen) atoms. The first kappa shape index (κ1) is 22.6. The van der Waals surface area contributed by atoms with E-state index in [0.717, 1.165) is 36.2 Å². The molecule has 1 aliphatic carbocycles. The van der Waals surface area contributed by atoms with Crippen molar-refractivity contribution in [2.45, 2.75) is 37.5 Å². The van der Waals surface area contributed by atoms with Crippen LogP contribution in [-0.2, 0) is 17.7 Å². The first-order valence-electron chi connectivity index (χ1n) is 11.9. The highest BCUT2D eigenvalue weighted by Crippen LogP contribution is 2.44. The van der Waals surface area contributed by atoms with Gasteiger partial charge in [-0.3, -0.25) is 0 Å². The lowest BCUT2D eigenvalue weighted by Crippen LogP contribution is -2.31. The summed E-state index contributed by atoms with van der Waals surface area (Å²) in [4.78, 5) is 12.3. The first-order valence-corrected chi connectivity index (χ1v) is 11.9.